The minimum atomic E-state index is 0.690. The van der Waals surface area contributed by atoms with E-state index < -0.39 is 0 Å². The van der Waals surface area contributed by atoms with Crippen LogP contribution in [0.15, 0.2) is 29.4 Å². The molecule has 2 rings (SSSR count). The molecule has 0 saturated heterocycles. The molecule has 0 aliphatic carbocycles. The Kier molecular flexibility index (Phi) is 4.66. The summed E-state index contributed by atoms with van der Waals surface area (Å²) in [6.07, 6.45) is 0.985. The molecule has 0 radical (unpaired) electrons. The molecule has 0 saturated carbocycles. The van der Waals surface area contributed by atoms with Crippen molar-refractivity contribution >= 4 is 23.4 Å². The Bertz CT molecular complexity index is 525. The second kappa shape index (κ2) is 6.25. The van der Waals surface area contributed by atoms with Gasteiger partial charge in [0.05, 0.1) is 0 Å². The zero-order chi connectivity index (χ0) is 13.0. The van der Waals surface area contributed by atoms with Gasteiger partial charge in [-0.05, 0) is 19.4 Å². The lowest BCUT2D eigenvalue weighted by Crippen LogP contribution is -1.95. The van der Waals surface area contributed by atoms with Gasteiger partial charge in [0.2, 0.25) is 0 Å². The van der Waals surface area contributed by atoms with E-state index in [2.05, 4.69) is 35.3 Å². The van der Waals surface area contributed by atoms with Gasteiger partial charge in [-0.25, -0.2) is 0 Å². The lowest BCUT2D eigenvalue weighted by molar-refractivity contribution is 0.793. The number of hydrogen-bond donors (Lipinski definition) is 0. The first-order valence-corrected chi connectivity index (χ1v) is 7.39. The highest BCUT2D eigenvalue weighted by atomic mass is 35.5. The molecule has 5 heteroatoms. The number of benzene rings is 1. The fourth-order valence-corrected chi connectivity index (χ4v) is 2.84. The summed E-state index contributed by atoms with van der Waals surface area (Å²) in [5.41, 5.74) is 2.33. The van der Waals surface area contributed by atoms with E-state index in [1.165, 1.54) is 5.56 Å². The zero-order valence-electron chi connectivity index (χ0n) is 10.6. The van der Waals surface area contributed by atoms with Gasteiger partial charge < -0.3 is 4.57 Å². The first-order chi connectivity index (χ1) is 8.72. The van der Waals surface area contributed by atoms with Crippen LogP contribution in [0.25, 0.3) is 11.4 Å². The van der Waals surface area contributed by atoms with E-state index in [1.807, 2.05) is 17.7 Å². The van der Waals surface area contributed by atoms with Crippen molar-refractivity contribution in [3.8, 4) is 11.4 Å². The van der Waals surface area contributed by atoms with Crippen molar-refractivity contribution in [3.05, 3.63) is 29.8 Å². The van der Waals surface area contributed by atoms with Crippen molar-refractivity contribution in [1.82, 2.24) is 14.8 Å². The molecule has 0 aliphatic heterocycles. The predicted octanol–water partition coefficient (Wildman–Crippen LogP) is 3.51. The van der Waals surface area contributed by atoms with Crippen LogP contribution in [0.5, 0.6) is 0 Å². The average molecular weight is 282 g/mol. The Hall–Kier alpha value is -1.00. The molecule has 18 heavy (non-hydrogen) atoms. The van der Waals surface area contributed by atoms with Crippen molar-refractivity contribution in [3.63, 3.8) is 0 Å². The largest absolute Gasteiger partial charge is 0.305 e. The van der Waals surface area contributed by atoms with Crippen molar-refractivity contribution in [2.24, 2.45) is 7.05 Å². The standard InChI is InChI=1S/C13H16ClN3S/c1-10-5-3-6-11(9-10)12-15-16-13(17(12)2)18-8-4-7-14/h3,5-6,9H,4,7-8H2,1-2H3. The average Bonchev–Trinajstić information content (AvgIpc) is 2.72. The van der Waals surface area contributed by atoms with Crippen molar-refractivity contribution in [2.45, 2.75) is 18.5 Å². The number of hydrogen-bond acceptors (Lipinski definition) is 3. The van der Waals surface area contributed by atoms with Crippen LogP contribution < -0.4 is 0 Å². The molecular formula is C13H16ClN3S. The molecule has 96 valence electrons. The maximum Gasteiger partial charge on any atom is 0.191 e. The minimum absolute atomic E-state index is 0.690. The first-order valence-electron chi connectivity index (χ1n) is 5.87. The number of halogens is 1. The number of aryl methyl sites for hydroxylation is 1. The van der Waals surface area contributed by atoms with E-state index in [0.717, 1.165) is 28.7 Å². The smallest absolute Gasteiger partial charge is 0.191 e. The molecule has 3 nitrogen and oxygen atoms in total. The van der Waals surface area contributed by atoms with Crippen molar-refractivity contribution < 1.29 is 0 Å². The summed E-state index contributed by atoms with van der Waals surface area (Å²) < 4.78 is 2.04. The zero-order valence-corrected chi connectivity index (χ0v) is 12.1. The molecular weight excluding hydrogens is 266 g/mol. The molecule has 0 aliphatic rings. The lowest BCUT2D eigenvalue weighted by atomic mass is 10.1. The molecule has 1 aromatic carbocycles. The third-order valence-corrected chi connectivity index (χ3v) is 3.99. The van der Waals surface area contributed by atoms with Crippen LogP contribution in [-0.4, -0.2) is 26.4 Å². The van der Waals surface area contributed by atoms with Gasteiger partial charge in [0.1, 0.15) is 0 Å². The maximum atomic E-state index is 5.67. The van der Waals surface area contributed by atoms with E-state index in [9.17, 15) is 0 Å². The number of aromatic nitrogens is 3. The quantitative estimate of drug-likeness (QED) is 0.477. The van der Waals surface area contributed by atoms with E-state index in [1.54, 1.807) is 11.8 Å². The molecule has 2 aromatic rings. The first kappa shape index (κ1) is 13.4. The highest BCUT2D eigenvalue weighted by Gasteiger charge is 2.10. The van der Waals surface area contributed by atoms with Gasteiger partial charge in [-0.1, -0.05) is 35.5 Å². The van der Waals surface area contributed by atoms with Gasteiger partial charge in [0, 0.05) is 24.2 Å². The van der Waals surface area contributed by atoms with Crippen molar-refractivity contribution in [2.75, 3.05) is 11.6 Å². The molecule has 1 heterocycles. The fraction of sp³-hybridized carbons (Fsp3) is 0.385. The van der Waals surface area contributed by atoms with Crippen molar-refractivity contribution in [1.29, 1.82) is 0 Å². The summed E-state index contributed by atoms with van der Waals surface area (Å²) in [4.78, 5) is 0. The van der Waals surface area contributed by atoms with Gasteiger partial charge in [-0.15, -0.1) is 21.8 Å². The highest BCUT2D eigenvalue weighted by molar-refractivity contribution is 7.99. The highest BCUT2D eigenvalue weighted by Crippen LogP contribution is 2.23. The Balaban J connectivity index is 2.20. The summed E-state index contributed by atoms with van der Waals surface area (Å²) >= 11 is 7.37. The minimum Gasteiger partial charge on any atom is -0.305 e. The van der Waals surface area contributed by atoms with Gasteiger partial charge in [-0.3, -0.25) is 0 Å². The molecule has 0 bridgehead atoms. The third-order valence-electron chi connectivity index (χ3n) is 2.62. The summed E-state index contributed by atoms with van der Waals surface area (Å²) in [6, 6.07) is 8.30. The normalized spacial score (nSPS) is 10.8. The summed E-state index contributed by atoms with van der Waals surface area (Å²) in [6.45, 7) is 2.08. The Morgan fingerprint density at radius 2 is 2.17 bits per heavy atom. The Morgan fingerprint density at radius 1 is 1.33 bits per heavy atom. The van der Waals surface area contributed by atoms with Crippen LogP contribution in [0.4, 0.5) is 0 Å². The van der Waals surface area contributed by atoms with Crippen LogP contribution in [-0.2, 0) is 7.05 Å². The van der Waals surface area contributed by atoms with Gasteiger partial charge in [0.15, 0.2) is 11.0 Å². The van der Waals surface area contributed by atoms with Crippen LogP contribution >= 0.6 is 23.4 Å². The van der Waals surface area contributed by atoms with E-state index >= 15 is 0 Å². The van der Waals surface area contributed by atoms with Crippen LogP contribution in [0.1, 0.15) is 12.0 Å². The molecule has 0 unspecified atom stereocenters. The monoisotopic (exact) mass is 281 g/mol. The Morgan fingerprint density at radius 3 is 2.89 bits per heavy atom. The second-order valence-corrected chi connectivity index (χ2v) is 5.57. The van der Waals surface area contributed by atoms with Crippen LogP contribution in [0.3, 0.4) is 0 Å². The summed E-state index contributed by atoms with van der Waals surface area (Å²) in [5.74, 6) is 2.57. The van der Waals surface area contributed by atoms with E-state index in [-0.39, 0.29) is 0 Å². The molecule has 0 atom stereocenters. The molecule has 0 amide bonds. The van der Waals surface area contributed by atoms with E-state index in [4.69, 9.17) is 11.6 Å². The van der Waals surface area contributed by atoms with Gasteiger partial charge >= 0.3 is 0 Å². The lowest BCUT2D eigenvalue weighted by Gasteiger charge is -2.04. The van der Waals surface area contributed by atoms with E-state index in [0.29, 0.717) is 5.88 Å². The summed E-state index contributed by atoms with van der Waals surface area (Å²) in [7, 11) is 2.00. The molecule has 0 fully saturated rings. The summed E-state index contributed by atoms with van der Waals surface area (Å²) in [5, 5.41) is 9.43. The Labute approximate surface area is 117 Å². The SMILES string of the molecule is Cc1cccc(-c2nnc(SCCCCl)n2C)c1. The molecule has 0 spiro atoms. The van der Waals surface area contributed by atoms with Crippen LogP contribution in [0.2, 0.25) is 0 Å². The third kappa shape index (κ3) is 3.06. The topological polar surface area (TPSA) is 30.7 Å². The number of alkyl halides is 1. The second-order valence-electron chi connectivity index (χ2n) is 4.13. The number of nitrogens with zero attached hydrogens (tertiary/aromatic N) is 3. The van der Waals surface area contributed by atoms with Gasteiger partial charge in [0.25, 0.3) is 0 Å². The predicted molar refractivity (Wildman–Crippen MR) is 77.2 cm³/mol. The maximum absolute atomic E-state index is 5.67. The molecule has 1 aromatic heterocycles. The fourth-order valence-electron chi connectivity index (χ4n) is 1.69. The number of rotatable bonds is 5. The molecule has 0 N–H and O–H groups in total. The number of thioether (sulfide) groups is 1. The van der Waals surface area contributed by atoms with Crippen LogP contribution in [0, 0.1) is 6.92 Å². The van der Waals surface area contributed by atoms with Gasteiger partial charge in [-0.2, -0.15) is 0 Å².